The van der Waals surface area contributed by atoms with E-state index in [1.807, 2.05) is 42.2 Å². The second-order valence-corrected chi connectivity index (χ2v) is 11.0. The second kappa shape index (κ2) is 10.7. The number of nitrogens with zero attached hydrogens (tertiary/aromatic N) is 2. The molecule has 4 rings (SSSR count). The molecule has 0 spiro atoms. The quantitative estimate of drug-likeness (QED) is 0.588. The van der Waals surface area contributed by atoms with E-state index in [9.17, 15) is 18.0 Å². The van der Waals surface area contributed by atoms with Crippen molar-refractivity contribution in [3.8, 4) is 0 Å². The summed E-state index contributed by atoms with van der Waals surface area (Å²) in [6, 6.07) is 15.4. The van der Waals surface area contributed by atoms with Crippen molar-refractivity contribution in [2.45, 2.75) is 43.5 Å². The molecule has 2 aromatic carbocycles. The molecule has 34 heavy (non-hydrogen) atoms. The first-order valence-corrected chi connectivity index (χ1v) is 13.3. The lowest BCUT2D eigenvalue weighted by Crippen LogP contribution is -2.51. The number of rotatable bonds is 7. The maximum absolute atomic E-state index is 13.1. The van der Waals surface area contributed by atoms with Crippen molar-refractivity contribution >= 4 is 21.8 Å². The van der Waals surface area contributed by atoms with Gasteiger partial charge in [0.2, 0.25) is 21.8 Å². The van der Waals surface area contributed by atoms with Crippen LogP contribution in [-0.2, 0) is 19.6 Å². The van der Waals surface area contributed by atoms with Gasteiger partial charge in [-0.25, -0.2) is 13.8 Å². The fraction of sp³-hybridized carbons (Fsp3) is 0.440. The first kappa shape index (κ1) is 24.4. The zero-order valence-corrected chi connectivity index (χ0v) is 20.3. The third-order valence-corrected chi connectivity index (χ3v) is 8.43. The van der Waals surface area contributed by atoms with Crippen molar-refractivity contribution in [3.05, 3.63) is 65.7 Å². The lowest BCUT2D eigenvalue weighted by atomic mass is 9.99. The Kier molecular flexibility index (Phi) is 7.65. The van der Waals surface area contributed by atoms with Gasteiger partial charge in [0.25, 0.3) is 0 Å². The van der Waals surface area contributed by atoms with E-state index in [2.05, 4.69) is 10.9 Å². The lowest BCUT2D eigenvalue weighted by Gasteiger charge is -2.32. The minimum absolute atomic E-state index is 0.0729. The van der Waals surface area contributed by atoms with Gasteiger partial charge in [-0.2, -0.15) is 4.31 Å². The summed E-state index contributed by atoms with van der Waals surface area (Å²) < 4.78 is 27.5. The number of hydrogen-bond acceptors (Lipinski definition) is 5. The molecule has 9 heteroatoms. The summed E-state index contributed by atoms with van der Waals surface area (Å²) >= 11 is 0. The van der Waals surface area contributed by atoms with E-state index in [0.717, 1.165) is 24.0 Å². The average molecular weight is 485 g/mol. The average Bonchev–Trinajstić information content (AvgIpc) is 3.40. The number of likely N-dealkylation sites (tertiary alicyclic amines) is 1. The summed E-state index contributed by atoms with van der Waals surface area (Å²) in [6.45, 7) is 3.83. The minimum Gasteiger partial charge on any atom is -0.341 e. The highest BCUT2D eigenvalue weighted by Gasteiger charge is 2.34. The molecular formula is C25H32N4O4S. The zero-order chi connectivity index (χ0) is 24.1. The standard InChI is InChI=1S/C25H32N4O4S/c1-19-11-13-22(14-12-19)34(32,33)29-17-7-10-21(18-29)24(30)27-26-23(20-8-3-2-4-9-20)25(31)28-15-5-6-16-28/h2-4,8-9,11-14,21,23,26H,5-7,10,15-18H2,1H3,(H,27,30). The van der Waals surface area contributed by atoms with Crippen LogP contribution in [0.25, 0.3) is 0 Å². The topological polar surface area (TPSA) is 98.8 Å². The lowest BCUT2D eigenvalue weighted by molar-refractivity contribution is -0.134. The van der Waals surface area contributed by atoms with E-state index in [-0.39, 0.29) is 23.3 Å². The van der Waals surface area contributed by atoms with Crippen LogP contribution >= 0.6 is 0 Å². The molecule has 0 saturated carbocycles. The van der Waals surface area contributed by atoms with E-state index in [1.165, 1.54) is 4.31 Å². The number of carbonyl (C=O) groups excluding carboxylic acids is 2. The Morgan fingerprint density at radius 1 is 0.941 bits per heavy atom. The van der Waals surface area contributed by atoms with Crippen LogP contribution in [0.4, 0.5) is 0 Å². The van der Waals surface area contributed by atoms with Crippen LogP contribution in [0.5, 0.6) is 0 Å². The summed E-state index contributed by atoms with van der Waals surface area (Å²) in [5, 5.41) is 0. The van der Waals surface area contributed by atoms with Gasteiger partial charge in [0, 0.05) is 26.2 Å². The van der Waals surface area contributed by atoms with E-state index < -0.39 is 22.0 Å². The second-order valence-electron chi connectivity index (χ2n) is 9.02. The molecule has 0 aliphatic carbocycles. The molecule has 0 bridgehead atoms. The van der Waals surface area contributed by atoms with Crippen molar-refractivity contribution < 1.29 is 18.0 Å². The molecule has 2 aliphatic rings. The Morgan fingerprint density at radius 3 is 2.29 bits per heavy atom. The number of piperidine rings is 1. The molecule has 2 N–H and O–H groups in total. The number of benzene rings is 2. The number of carbonyl (C=O) groups is 2. The molecule has 2 unspecified atom stereocenters. The van der Waals surface area contributed by atoms with Gasteiger partial charge >= 0.3 is 0 Å². The maximum Gasteiger partial charge on any atom is 0.246 e. The van der Waals surface area contributed by atoms with E-state index >= 15 is 0 Å². The third-order valence-electron chi connectivity index (χ3n) is 6.55. The van der Waals surface area contributed by atoms with Crippen molar-refractivity contribution in [1.29, 1.82) is 0 Å². The van der Waals surface area contributed by atoms with Crippen LogP contribution < -0.4 is 10.9 Å². The molecule has 2 fully saturated rings. The number of nitrogens with one attached hydrogen (secondary N) is 2. The minimum atomic E-state index is -3.67. The summed E-state index contributed by atoms with van der Waals surface area (Å²) in [5.41, 5.74) is 7.41. The number of hydrogen-bond donors (Lipinski definition) is 2. The molecule has 2 atom stereocenters. The van der Waals surface area contributed by atoms with Crippen molar-refractivity contribution in [2.75, 3.05) is 26.2 Å². The number of hydrazine groups is 1. The molecule has 2 heterocycles. The van der Waals surface area contributed by atoms with Crippen LogP contribution in [0.2, 0.25) is 0 Å². The van der Waals surface area contributed by atoms with Crippen LogP contribution in [0.3, 0.4) is 0 Å². The largest absolute Gasteiger partial charge is 0.341 e. The van der Waals surface area contributed by atoms with E-state index in [0.29, 0.717) is 32.5 Å². The first-order chi connectivity index (χ1) is 16.4. The highest BCUT2D eigenvalue weighted by molar-refractivity contribution is 7.89. The SMILES string of the molecule is Cc1ccc(S(=O)(=O)N2CCCC(C(=O)NNC(C(=O)N3CCCC3)c3ccccc3)C2)cc1. The summed E-state index contributed by atoms with van der Waals surface area (Å²) in [6.07, 6.45) is 3.14. The van der Waals surface area contributed by atoms with Gasteiger partial charge < -0.3 is 4.90 Å². The summed E-state index contributed by atoms with van der Waals surface area (Å²) in [7, 11) is -3.67. The zero-order valence-electron chi connectivity index (χ0n) is 19.4. The Labute approximate surface area is 201 Å². The smallest absolute Gasteiger partial charge is 0.246 e. The van der Waals surface area contributed by atoms with Crippen LogP contribution in [0.15, 0.2) is 59.5 Å². The molecule has 8 nitrogen and oxygen atoms in total. The van der Waals surface area contributed by atoms with Gasteiger partial charge in [0.05, 0.1) is 10.8 Å². The molecule has 182 valence electrons. The Hall–Kier alpha value is -2.75. The van der Waals surface area contributed by atoms with Gasteiger partial charge in [-0.3, -0.25) is 15.0 Å². The van der Waals surface area contributed by atoms with Gasteiger partial charge in [0.1, 0.15) is 6.04 Å². The summed E-state index contributed by atoms with van der Waals surface area (Å²) in [4.78, 5) is 28.2. The monoisotopic (exact) mass is 484 g/mol. The predicted octanol–water partition coefficient (Wildman–Crippen LogP) is 2.38. The van der Waals surface area contributed by atoms with Crippen molar-refractivity contribution in [2.24, 2.45) is 5.92 Å². The molecule has 2 saturated heterocycles. The Morgan fingerprint density at radius 2 is 1.62 bits per heavy atom. The van der Waals surface area contributed by atoms with Gasteiger partial charge in [0.15, 0.2) is 0 Å². The van der Waals surface area contributed by atoms with E-state index in [1.54, 1.807) is 24.3 Å². The summed E-state index contributed by atoms with van der Waals surface area (Å²) in [5.74, 6) is -0.880. The van der Waals surface area contributed by atoms with E-state index in [4.69, 9.17) is 0 Å². The van der Waals surface area contributed by atoms with Gasteiger partial charge in [-0.15, -0.1) is 0 Å². The third kappa shape index (κ3) is 5.48. The van der Waals surface area contributed by atoms with Gasteiger partial charge in [-0.05, 0) is 50.3 Å². The number of amides is 2. The number of aryl methyl sites for hydroxylation is 1. The number of sulfonamides is 1. The van der Waals surface area contributed by atoms with Gasteiger partial charge in [-0.1, -0.05) is 48.0 Å². The Bertz CT molecular complexity index is 1100. The van der Waals surface area contributed by atoms with Crippen molar-refractivity contribution in [3.63, 3.8) is 0 Å². The first-order valence-electron chi connectivity index (χ1n) is 11.8. The van der Waals surface area contributed by atoms with Crippen LogP contribution in [0.1, 0.15) is 42.9 Å². The highest BCUT2D eigenvalue weighted by Crippen LogP contribution is 2.24. The molecule has 2 amide bonds. The predicted molar refractivity (Wildman–Crippen MR) is 129 cm³/mol. The fourth-order valence-electron chi connectivity index (χ4n) is 4.53. The van der Waals surface area contributed by atoms with Crippen molar-refractivity contribution in [1.82, 2.24) is 20.1 Å². The molecule has 2 aromatic rings. The highest BCUT2D eigenvalue weighted by atomic mass is 32.2. The fourth-order valence-corrected chi connectivity index (χ4v) is 6.06. The Balaban J connectivity index is 1.42. The van der Waals surface area contributed by atoms with Crippen LogP contribution in [0, 0.1) is 12.8 Å². The molecule has 0 radical (unpaired) electrons. The maximum atomic E-state index is 13.1. The normalized spacial score (nSPS) is 20.1. The van der Waals surface area contributed by atoms with Crippen LogP contribution in [-0.4, -0.2) is 55.6 Å². The molecule has 2 aliphatic heterocycles. The molecule has 0 aromatic heterocycles. The molecular weight excluding hydrogens is 452 g/mol.